The molecule has 3 aromatic rings. The highest BCUT2D eigenvalue weighted by Crippen LogP contribution is 2.38. The largest absolute Gasteiger partial charge is 0.487 e. The highest BCUT2D eigenvalue weighted by Gasteiger charge is 2.24. The molecule has 0 aromatic heterocycles. The van der Waals surface area contributed by atoms with E-state index in [1.165, 1.54) is 6.07 Å². The van der Waals surface area contributed by atoms with Gasteiger partial charge in [0, 0.05) is 5.56 Å². The standard InChI is InChI=1S/C24H24O4S/c1-4-9-21-18(3)22(20-13-8-10-17(2)14-20)15-23(29(25,26)27)24(21)28-16-19-11-6-5-7-12-19/h4-8,10-15H,1,9,16H2,2-3H3,(H,25,26,27). The summed E-state index contributed by atoms with van der Waals surface area (Å²) < 4.78 is 40.4. The van der Waals surface area contributed by atoms with Crippen LogP contribution in [0.3, 0.4) is 0 Å². The van der Waals surface area contributed by atoms with Crippen molar-refractivity contribution in [3.8, 4) is 16.9 Å². The zero-order valence-corrected chi connectivity index (χ0v) is 17.4. The molecule has 3 rings (SSSR count). The molecule has 4 nitrogen and oxygen atoms in total. The van der Waals surface area contributed by atoms with Gasteiger partial charge in [0.1, 0.15) is 17.3 Å². The van der Waals surface area contributed by atoms with Gasteiger partial charge in [-0.15, -0.1) is 6.58 Å². The SMILES string of the molecule is C=CCc1c(C)c(-c2cccc(C)c2)cc(S(=O)(=O)O)c1OCc1ccccc1. The van der Waals surface area contributed by atoms with Crippen molar-refractivity contribution < 1.29 is 17.7 Å². The Labute approximate surface area is 172 Å². The summed E-state index contributed by atoms with van der Waals surface area (Å²) in [5.41, 5.74) is 5.18. The maximum absolute atomic E-state index is 12.2. The Balaban J connectivity index is 2.20. The monoisotopic (exact) mass is 408 g/mol. The number of hydrogen-bond donors (Lipinski definition) is 1. The third kappa shape index (κ3) is 4.75. The Bertz CT molecular complexity index is 1130. The third-order valence-corrected chi connectivity index (χ3v) is 5.67. The van der Waals surface area contributed by atoms with Gasteiger partial charge in [-0.1, -0.05) is 66.2 Å². The minimum atomic E-state index is -4.50. The second kappa shape index (κ2) is 8.64. The summed E-state index contributed by atoms with van der Waals surface area (Å²) in [7, 11) is -4.50. The number of aryl methyl sites for hydroxylation is 1. The van der Waals surface area contributed by atoms with E-state index in [2.05, 4.69) is 6.58 Å². The Kier molecular flexibility index (Phi) is 6.20. The van der Waals surface area contributed by atoms with E-state index in [0.29, 0.717) is 12.0 Å². The van der Waals surface area contributed by atoms with E-state index in [9.17, 15) is 13.0 Å². The molecule has 1 N–H and O–H groups in total. The van der Waals surface area contributed by atoms with Crippen LogP contribution in [-0.2, 0) is 23.1 Å². The number of rotatable bonds is 7. The fraction of sp³-hybridized carbons (Fsp3) is 0.167. The van der Waals surface area contributed by atoms with Crippen LogP contribution in [0, 0.1) is 13.8 Å². The minimum Gasteiger partial charge on any atom is -0.487 e. The van der Waals surface area contributed by atoms with E-state index in [4.69, 9.17) is 4.74 Å². The molecule has 0 radical (unpaired) electrons. The normalized spacial score (nSPS) is 11.3. The quantitative estimate of drug-likeness (QED) is 0.413. The molecule has 0 bridgehead atoms. The van der Waals surface area contributed by atoms with Crippen molar-refractivity contribution >= 4 is 10.1 Å². The average Bonchev–Trinajstić information content (AvgIpc) is 2.68. The van der Waals surface area contributed by atoms with Gasteiger partial charge in [0.2, 0.25) is 0 Å². The van der Waals surface area contributed by atoms with Crippen LogP contribution in [0.15, 0.2) is 78.2 Å². The molecule has 0 heterocycles. The van der Waals surface area contributed by atoms with Crippen molar-refractivity contribution in [3.63, 3.8) is 0 Å². The Morgan fingerprint density at radius 1 is 1.03 bits per heavy atom. The van der Waals surface area contributed by atoms with E-state index < -0.39 is 10.1 Å². The van der Waals surface area contributed by atoms with Gasteiger partial charge < -0.3 is 4.74 Å². The highest BCUT2D eigenvalue weighted by molar-refractivity contribution is 7.86. The summed E-state index contributed by atoms with van der Waals surface area (Å²) in [6.45, 7) is 7.90. The third-order valence-electron chi connectivity index (χ3n) is 4.81. The molecule has 0 aliphatic rings. The first kappa shape index (κ1) is 20.8. The molecule has 0 atom stereocenters. The van der Waals surface area contributed by atoms with Crippen molar-refractivity contribution in [2.75, 3.05) is 0 Å². The van der Waals surface area contributed by atoms with Crippen molar-refractivity contribution in [2.24, 2.45) is 0 Å². The Morgan fingerprint density at radius 3 is 2.38 bits per heavy atom. The predicted molar refractivity (Wildman–Crippen MR) is 116 cm³/mol. The number of hydrogen-bond acceptors (Lipinski definition) is 3. The van der Waals surface area contributed by atoms with Crippen molar-refractivity contribution in [1.29, 1.82) is 0 Å². The van der Waals surface area contributed by atoms with Crippen LogP contribution in [-0.4, -0.2) is 13.0 Å². The van der Waals surface area contributed by atoms with Gasteiger partial charge in [-0.25, -0.2) is 0 Å². The molecular formula is C24H24O4S. The molecule has 0 unspecified atom stereocenters. The van der Waals surface area contributed by atoms with Gasteiger partial charge in [-0.05, 0) is 48.6 Å². The van der Waals surface area contributed by atoms with Gasteiger partial charge in [0.25, 0.3) is 10.1 Å². The van der Waals surface area contributed by atoms with E-state index >= 15 is 0 Å². The summed E-state index contributed by atoms with van der Waals surface area (Å²) in [4.78, 5) is -0.229. The summed E-state index contributed by atoms with van der Waals surface area (Å²) in [5, 5.41) is 0. The lowest BCUT2D eigenvalue weighted by atomic mass is 9.93. The molecule has 0 aliphatic carbocycles. The van der Waals surface area contributed by atoms with Crippen LogP contribution >= 0.6 is 0 Å². The number of ether oxygens (including phenoxy) is 1. The fourth-order valence-corrected chi connectivity index (χ4v) is 4.05. The summed E-state index contributed by atoms with van der Waals surface area (Å²) >= 11 is 0. The summed E-state index contributed by atoms with van der Waals surface area (Å²) in [6, 6.07) is 18.8. The van der Waals surface area contributed by atoms with E-state index in [1.54, 1.807) is 6.08 Å². The fourth-order valence-electron chi connectivity index (χ4n) is 3.37. The van der Waals surface area contributed by atoms with Crippen molar-refractivity contribution in [2.45, 2.75) is 31.8 Å². The summed E-state index contributed by atoms with van der Waals surface area (Å²) in [5.74, 6) is 0.171. The maximum Gasteiger partial charge on any atom is 0.298 e. The lowest BCUT2D eigenvalue weighted by Gasteiger charge is -2.20. The zero-order valence-electron chi connectivity index (χ0n) is 16.6. The van der Waals surface area contributed by atoms with Gasteiger partial charge in [0.05, 0.1) is 0 Å². The average molecular weight is 409 g/mol. The molecule has 29 heavy (non-hydrogen) atoms. The van der Waals surface area contributed by atoms with Crippen molar-refractivity contribution in [3.05, 3.63) is 95.6 Å². The van der Waals surface area contributed by atoms with Crippen LogP contribution in [0.2, 0.25) is 0 Å². The zero-order chi connectivity index (χ0) is 21.0. The lowest BCUT2D eigenvalue weighted by molar-refractivity contribution is 0.293. The second-order valence-corrected chi connectivity index (χ2v) is 8.36. The number of allylic oxidation sites excluding steroid dienone is 1. The molecule has 3 aromatic carbocycles. The molecule has 0 aliphatic heterocycles. The van der Waals surface area contributed by atoms with E-state index in [-0.39, 0.29) is 17.3 Å². The first-order valence-corrected chi connectivity index (χ1v) is 10.7. The van der Waals surface area contributed by atoms with Crippen molar-refractivity contribution in [1.82, 2.24) is 0 Å². The van der Waals surface area contributed by atoms with E-state index in [0.717, 1.165) is 27.8 Å². The molecule has 0 saturated heterocycles. The number of benzene rings is 3. The van der Waals surface area contributed by atoms with Gasteiger partial charge in [-0.3, -0.25) is 4.55 Å². The molecular weight excluding hydrogens is 384 g/mol. The first-order chi connectivity index (χ1) is 13.8. The molecule has 0 spiro atoms. The predicted octanol–water partition coefficient (Wildman–Crippen LogP) is 5.52. The molecule has 0 amide bonds. The van der Waals surface area contributed by atoms with Crippen LogP contribution < -0.4 is 4.74 Å². The van der Waals surface area contributed by atoms with Crippen LogP contribution in [0.4, 0.5) is 0 Å². The Morgan fingerprint density at radius 2 is 1.76 bits per heavy atom. The summed E-state index contributed by atoms with van der Waals surface area (Å²) in [6.07, 6.45) is 2.11. The molecule has 0 fully saturated rings. The van der Waals surface area contributed by atoms with Gasteiger partial charge in [0.15, 0.2) is 0 Å². The van der Waals surface area contributed by atoms with Crippen LogP contribution in [0.1, 0.15) is 22.3 Å². The Hall–Kier alpha value is -2.89. The minimum absolute atomic E-state index is 0.171. The maximum atomic E-state index is 12.2. The second-order valence-electron chi connectivity index (χ2n) is 6.97. The lowest BCUT2D eigenvalue weighted by Crippen LogP contribution is -2.09. The van der Waals surface area contributed by atoms with E-state index in [1.807, 2.05) is 68.4 Å². The van der Waals surface area contributed by atoms with Gasteiger partial charge >= 0.3 is 0 Å². The molecule has 5 heteroatoms. The van der Waals surface area contributed by atoms with Gasteiger partial charge in [-0.2, -0.15) is 8.42 Å². The molecule has 0 saturated carbocycles. The highest BCUT2D eigenvalue weighted by atomic mass is 32.2. The van der Waals surface area contributed by atoms with Crippen LogP contribution in [0.5, 0.6) is 5.75 Å². The van der Waals surface area contributed by atoms with Crippen LogP contribution in [0.25, 0.3) is 11.1 Å². The smallest absolute Gasteiger partial charge is 0.298 e. The topological polar surface area (TPSA) is 63.6 Å². The molecule has 150 valence electrons. The first-order valence-electron chi connectivity index (χ1n) is 9.30.